The molecule has 1 rings (SSSR count). The van der Waals surface area contributed by atoms with Gasteiger partial charge >= 0.3 is 6.09 Å². The van der Waals surface area contributed by atoms with Gasteiger partial charge in [0.15, 0.2) is 0 Å². The number of ether oxygens (including phenoxy) is 1. The summed E-state index contributed by atoms with van der Waals surface area (Å²) in [6.45, 7) is 18.9. The molecule has 0 heterocycles. The third-order valence-corrected chi connectivity index (χ3v) is 6.30. The zero-order valence-corrected chi connectivity index (χ0v) is 24.5. The van der Waals surface area contributed by atoms with Crippen LogP contribution in [0.5, 0.6) is 5.75 Å². The average Bonchev–Trinajstić information content (AvgIpc) is 2.75. The van der Waals surface area contributed by atoms with Crippen LogP contribution in [0, 0.1) is 5.92 Å². The molecular formula is C29H49N3O5. The summed E-state index contributed by atoms with van der Waals surface area (Å²) in [6, 6.07) is 4.45. The van der Waals surface area contributed by atoms with Crippen molar-refractivity contribution < 1.29 is 24.2 Å². The van der Waals surface area contributed by atoms with Gasteiger partial charge in [-0.15, -0.1) is 0 Å². The van der Waals surface area contributed by atoms with Crippen molar-refractivity contribution in [3.8, 4) is 5.75 Å². The molecule has 0 saturated carbocycles. The molecule has 210 valence electrons. The number of amides is 3. The third-order valence-electron chi connectivity index (χ3n) is 6.30. The van der Waals surface area contributed by atoms with E-state index in [2.05, 4.69) is 10.6 Å². The van der Waals surface area contributed by atoms with Gasteiger partial charge in [-0.3, -0.25) is 9.59 Å². The van der Waals surface area contributed by atoms with E-state index in [0.717, 1.165) is 12.8 Å². The highest BCUT2D eigenvalue weighted by Gasteiger charge is 2.44. The Morgan fingerprint density at radius 2 is 1.59 bits per heavy atom. The second-order valence-corrected chi connectivity index (χ2v) is 11.9. The van der Waals surface area contributed by atoms with Gasteiger partial charge < -0.3 is 25.4 Å². The number of benzene rings is 1. The molecule has 37 heavy (non-hydrogen) atoms. The number of nitrogens with zero attached hydrogens (tertiary/aromatic N) is 1. The molecule has 0 aliphatic carbocycles. The maximum Gasteiger partial charge on any atom is 0.408 e. The molecular weight excluding hydrogens is 470 g/mol. The first-order chi connectivity index (χ1) is 17.0. The van der Waals surface area contributed by atoms with Crippen LogP contribution in [-0.4, -0.2) is 51.1 Å². The number of aromatic hydroxyl groups is 1. The number of rotatable bonds is 12. The maximum absolute atomic E-state index is 14.3. The monoisotopic (exact) mass is 519 g/mol. The lowest BCUT2D eigenvalue weighted by Gasteiger charge is -2.45. The highest BCUT2D eigenvalue weighted by Crippen LogP contribution is 2.36. The number of phenolic OH excluding ortho intramolecular Hbond substituents is 1. The van der Waals surface area contributed by atoms with Gasteiger partial charge in [-0.05, 0) is 72.8 Å². The summed E-state index contributed by atoms with van der Waals surface area (Å²) in [5.41, 5.74) is -1.18. The Labute approximate surface area is 223 Å². The van der Waals surface area contributed by atoms with E-state index in [1.165, 1.54) is 11.0 Å². The fraction of sp³-hybridized carbons (Fsp3) is 0.690. The van der Waals surface area contributed by atoms with Crippen LogP contribution in [0.1, 0.15) is 107 Å². The Kier molecular flexibility index (Phi) is 11.9. The number of phenols is 1. The molecule has 3 atom stereocenters. The first-order valence-corrected chi connectivity index (χ1v) is 13.4. The van der Waals surface area contributed by atoms with E-state index >= 15 is 0 Å². The van der Waals surface area contributed by atoms with Crippen molar-refractivity contribution >= 4 is 17.9 Å². The van der Waals surface area contributed by atoms with E-state index in [0.29, 0.717) is 18.4 Å². The van der Waals surface area contributed by atoms with Gasteiger partial charge in [-0.1, -0.05) is 52.3 Å². The van der Waals surface area contributed by atoms with Crippen molar-refractivity contribution in [2.24, 2.45) is 5.92 Å². The third kappa shape index (κ3) is 9.90. The van der Waals surface area contributed by atoms with Crippen LogP contribution in [0.4, 0.5) is 4.79 Å². The molecule has 3 amide bonds. The van der Waals surface area contributed by atoms with Crippen LogP contribution in [0.2, 0.25) is 0 Å². The van der Waals surface area contributed by atoms with Crippen molar-refractivity contribution in [3.63, 3.8) is 0 Å². The number of nitrogens with one attached hydrogen (secondary N) is 2. The SMILES string of the molecule is CCCC(C)NC(=O)C(c1ccccc1O)N(C(=O)C(CC(C)C)NC(=O)OC(C)(C)C)C(C)(C)CC. The Balaban J connectivity index is 3.66. The second kappa shape index (κ2) is 13.7. The minimum atomic E-state index is -1.10. The molecule has 0 spiro atoms. The molecule has 0 aliphatic rings. The fourth-order valence-corrected chi connectivity index (χ4v) is 4.20. The molecule has 0 bridgehead atoms. The normalized spacial score (nSPS) is 14.5. The summed E-state index contributed by atoms with van der Waals surface area (Å²) in [4.78, 5) is 42.4. The van der Waals surface area contributed by atoms with Gasteiger partial charge in [0.1, 0.15) is 23.4 Å². The average molecular weight is 520 g/mol. The predicted octanol–water partition coefficient (Wildman–Crippen LogP) is 5.69. The van der Waals surface area contributed by atoms with Crippen LogP contribution in [0.15, 0.2) is 24.3 Å². The largest absolute Gasteiger partial charge is 0.508 e. The smallest absolute Gasteiger partial charge is 0.408 e. The van der Waals surface area contributed by atoms with E-state index in [4.69, 9.17) is 4.74 Å². The molecule has 1 aromatic rings. The first-order valence-electron chi connectivity index (χ1n) is 13.4. The van der Waals surface area contributed by atoms with Crippen molar-refractivity contribution in [1.29, 1.82) is 0 Å². The van der Waals surface area contributed by atoms with Crippen LogP contribution >= 0.6 is 0 Å². The number of carbonyl (C=O) groups is 3. The molecule has 0 fully saturated rings. The highest BCUT2D eigenvalue weighted by molar-refractivity contribution is 5.93. The van der Waals surface area contributed by atoms with Crippen LogP contribution in [0.3, 0.4) is 0 Å². The predicted molar refractivity (Wildman–Crippen MR) is 147 cm³/mol. The van der Waals surface area contributed by atoms with Gasteiger partial charge in [-0.25, -0.2) is 4.79 Å². The summed E-state index contributed by atoms with van der Waals surface area (Å²) in [5.74, 6) is -0.774. The Morgan fingerprint density at radius 3 is 2.08 bits per heavy atom. The number of hydrogen-bond acceptors (Lipinski definition) is 5. The van der Waals surface area contributed by atoms with E-state index < -0.39 is 35.2 Å². The molecule has 8 heteroatoms. The maximum atomic E-state index is 14.3. The van der Waals surface area contributed by atoms with Crippen LogP contribution in [0.25, 0.3) is 0 Å². The topological polar surface area (TPSA) is 108 Å². The summed E-state index contributed by atoms with van der Waals surface area (Å²) in [5, 5.41) is 16.6. The lowest BCUT2D eigenvalue weighted by molar-refractivity contribution is -0.150. The van der Waals surface area contributed by atoms with Gasteiger partial charge in [0.25, 0.3) is 0 Å². The van der Waals surface area contributed by atoms with Gasteiger partial charge in [0, 0.05) is 17.1 Å². The van der Waals surface area contributed by atoms with Crippen LogP contribution < -0.4 is 10.6 Å². The summed E-state index contributed by atoms with van der Waals surface area (Å²) < 4.78 is 5.44. The molecule has 1 aromatic carbocycles. The summed E-state index contributed by atoms with van der Waals surface area (Å²) in [6.07, 6.45) is 1.88. The second-order valence-electron chi connectivity index (χ2n) is 11.9. The van der Waals surface area contributed by atoms with Gasteiger partial charge in [0.05, 0.1) is 0 Å². The summed E-state index contributed by atoms with van der Waals surface area (Å²) >= 11 is 0. The van der Waals surface area contributed by atoms with E-state index in [9.17, 15) is 19.5 Å². The summed E-state index contributed by atoms with van der Waals surface area (Å²) in [7, 11) is 0. The number of hydrogen-bond donors (Lipinski definition) is 3. The van der Waals surface area contributed by atoms with E-state index in [-0.39, 0.29) is 23.6 Å². The van der Waals surface area contributed by atoms with Gasteiger partial charge in [0.2, 0.25) is 11.8 Å². The fourth-order valence-electron chi connectivity index (χ4n) is 4.20. The van der Waals surface area contributed by atoms with Crippen molar-refractivity contribution in [2.75, 3.05) is 0 Å². The molecule has 3 N–H and O–H groups in total. The Morgan fingerprint density at radius 1 is 1.00 bits per heavy atom. The Bertz CT molecular complexity index is 907. The standard InChI is InChI=1S/C29H49N3O5/c1-11-15-20(5)30-25(34)24(21-16-13-14-17-23(21)33)32(29(9,10)12-2)26(35)22(18-19(3)4)31-27(36)37-28(6,7)8/h13-14,16-17,19-20,22,24,33H,11-12,15,18H2,1-10H3,(H,30,34)(H,31,36). The van der Waals surface area contributed by atoms with E-state index in [1.807, 2.05) is 48.5 Å². The zero-order chi connectivity index (χ0) is 28.6. The molecule has 0 saturated heterocycles. The highest BCUT2D eigenvalue weighted by atomic mass is 16.6. The molecule has 0 aliphatic heterocycles. The van der Waals surface area contributed by atoms with Crippen molar-refractivity contribution in [3.05, 3.63) is 29.8 Å². The van der Waals surface area contributed by atoms with Crippen LogP contribution in [-0.2, 0) is 14.3 Å². The number of alkyl carbamates (subject to hydrolysis) is 1. The minimum Gasteiger partial charge on any atom is -0.508 e. The number of carbonyl (C=O) groups excluding carboxylic acids is 3. The first kappa shape index (κ1) is 32.3. The minimum absolute atomic E-state index is 0.0731. The zero-order valence-electron chi connectivity index (χ0n) is 24.5. The molecule has 0 aromatic heterocycles. The lowest BCUT2D eigenvalue weighted by atomic mass is 9.90. The lowest BCUT2D eigenvalue weighted by Crippen LogP contribution is -2.60. The quantitative estimate of drug-likeness (QED) is 0.329. The Hall–Kier alpha value is -2.77. The molecule has 3 unspecified atom stereocenters. The molecule has 0 radical (unpaired) electrons. The molecule has 8 nitrogen and oxygen atoms in total. The van der Waals surface area contributed by atoms with Crippen molar-refractivity contribution in [2.45, 2.75) is 124 Å². The van der Waals surface area contributed by atoms with E-state index in [1.54, 1.807) is 39.0 Å². The van der Waals surface area contributed by atoms with Gasteiger partial charge in [-0.2, -0.15) is 0 Å². The van der Waals surface area contributed by atoms with Crippen molar-refractivity contribution in [1.82, 2.24) is 15.5 Å². The number of para-hydroxylation sites is 1.